The van der Waals surface area contributed by atoms with Gasteiger partial charge >= 0.3 is 0 Å². The summed E-state index contributed by atoms with van der Waals surface area (Å²) in [5.41, 5.74) is 1.76. The Morgan fingerprint density at radius 3 is 2.70 bits per heavy atom. The van der Waals surface area contributed by atoms with Crippen molar-refractivity contribution < 1.29 is 4.79 Å². The first kappa shape index (κ1) is 18.7. The maximum atomic E-state index is 12.8. The molecular formula is C22H31N3OS. The van der Waals surface area contributed by atoms with Gasteiger partial charge in [-0.25, -0.2) is 4.98 Å². The number of carbonyl (C=O) groups is 1. The summed E-state index contributed by atoms with van der Waals surface area (Å²) in [7, 11) is 0. The van der Waals surface area contributed by atoms with E-state index >= 15 is 0 Å². The predicted octanol–water partition coefficient (Wildman–Crippen LogP) is 5.09. The molecule has 0 spiro atoms. The number of carbonyl (C=O) groups excluding carboxylic acids is 1. The largest absolute Gasteiger partial charge is 0.349 e. The van der Waals surface area contributed by atoms with Gasteiger partial charge in [-0.2, -0.15) is 0 Å². The van der Waals surface area contributed by atoms with Crippen LogP contribution in [0.5, 0.6) is 0 Å². The van der Waals surface area contributed by atoms with Crippen LogP contribution in [0, 0.1) is 17.8 Å². The van der Waals surface area contributed by atoms with Gasteiger partial charge in [-0.05, 0) is 55.2 Å². The van der Waals surface area contributed by atoms with Crippen LogP contribution in [0.1, 0.15) is 63.2 Å². The van der Waals surface area contributed by atoms with Crippen LogP contribution >= 0.6 is 11.3 Å². The molecule has 1 saturated carbocycles. The Balaban J connectivity index is 1.48. The van der Waals surface area contributed by atoms with E-state index in [0.717, 1.165) is 46.3 Å². The van der Waals surface area contributed by atoms with E-state index in [-0.39, 0.29) is 5.91 Å². The fourth-order valence-corrected chi connectivity index (χ4v) is 5.48. The molecule has 1 saturated heterocycles. The minimum absolute atomic E-state index is 0.0598. The number of nitrogens with one attached hydrogen (secondary N) is 1. The third-order valence-electron chi connectivity index (χ3n) is 6.72. The van der Waals surface area contributed by atoms with E-state index in [1.54, 1.807) is 11.3 Å². The van der Waals surface area contributed by atoms with Gasteiger partial charge in [-0.3, -0.25) is 4.79 Å². The van der Waals surface area contributed by atoms with Gasteiger partial charge in [0.1, 0.15) is 0 Å². The van der Waals surface area contributed by atoms with Gasteiger partial charge in [0, 0.05) is 24.7 Å². The lowest BCUT2D eigenvalue weighted by molar-refractivity contribution is 0.0891. The summed E-state index contributed by atoms with van der Waals surface area (Å²) >= 11 is 1.72. The van der Waals surface area contributed by atoms with Crippen LogP contribution in [0.15, 0.2) is 18.2 Å². The molecule has 0 unspecified atom stereocenters. The Bertz CT molecular complexity index is 809. The molecule has 1 aliphatic heterocycles. The number of thiazole rings is 1. The van der Waals surface area contributed by atoms with Gasteiger partial charge in [0.05, 0.1) is 10.2 Å². The molecule has 4 nitrogen and oxygen atoms in total. The van der Waals surface area contributed by atoms with Crippen molar-refractivity contribution in [3.8, 4) is 0 Å². The Morgan fingerprint density at radius 2 is 1.93 bits per heavy atom. The molecule has 1 amide bonds. The Kier molecular flexibility index (Phi) is 5.40. The molecule has 3 atom stereocenters. The summed E-state index contributed by atoms with van der Waals surface area (Å²) in [4.78, 5) is 20.0. The molecule has 1 aliphatic carbocycles. The highest BCUT2D eigenvalue weighted by Crippen LogP contribution is 2.33. The number of benzene rings is 1. The van der Waals surface area contributed by atoms with Crippen molar-refractivity contribution in [3.63, 3.8) is 0 Å². The van der Waals surface area contributed by atoms with Gasteiger partial charge in [0.2, 0.25) is 0 Å². The zero-order valence-corrected chi connectivity index (χ0v) is 17.5. The number of hydrogen-bond donors (Lipinski definition) is 1. The number of piperidine rings is 1. The highest BCUT2D eigenvalue weighted by atomic mass is 32.1. The van der Waals surface area contributed by atoms with Gasteiger partial charge < -0.3 is 10.2 Å². The molecule has 2 heterocycles. The van der Waals surface area contributed by atoms with E-state index in [4.69, 9.17) is 4.98 Å². The van der Waals surface area contributed by atoms with Gasteiger partial charge in [-0.1, -0.05) is 44.9 Å². The van der Waals surface area contributed by atoms with Gasteiger partial charge in [0.25, 0.3) is 5.91 Å². The lowest BCUT2D eigenvalue weighted by Gasteiger charge is -2.34. The summed E-state index contributed by atoms with van der Waals surface area (Å²) in [6, 6.07) is 6.25. The molecule has 27 heavy (non-hydrogen) atoms. The molecule has 0 bridgehead atoms. The molecule has 1 aromatic heterocycles. The van der Waals surface area contributed by atoms with Crippen molar-refractivity contribution >= 4 is 32.6 Å². The predicted molar refractivity (Wildman–Crippen MR) is 114 cm³/mol. The van der Waals surface area contributed by atoms with Crippen LogP contribution in [0.4, 0.5) is 5.13 Å². The van der Waals surface area contributed by atoms with Crippen LogP contribution in [-0.2, 0) is 0 Å². The second kappa shape index (κ2) is 7.78. The average Bonchev–Trinajstić information content (AvgIpc) is 3.09. The molecule has 0 radical (unpaired) electrons. The molecule has 2 aliphatic rings. The van der Waals surface area contributed by atoms with Crippen molar-refractivity contribution in [2.45, 2.75) is 58.9 Å². The summed E-state index contributed by atoms with van der Waals surface area (Å²) < 4.78 is 1.11. The standard InChI is InChI=1S/C22H31N3OS/c1-14-9-11-25(12-10-14)22-24-19-8-7-17(13-20(19)27-22)21(26)23-18-6-4-5-15(2)16(18)3/h7-8,13-16,18H,4-6,9-12H2,1-3H3,(H,23,26)/t15-,16-,18+/m0/s1. The topological polar surface area (TPSA) is 45.2 Å². The molecule has 2 aromatic rings. The lowest BCUT2D eigenvalue weighted by atomic mass is 9.78. The lowest BCUT2D eigenvalue weighted by Crippen LogP contribution is -2.43. The molecule has 1 aromatic carbocycles. The van der Waals surface area contributed by atoms with Crippen molar-refractivity contribution in [3.05, 3.63) is 23.8 Å². The average molecular weight is 386 g/mol. The Hall–Kier alpha value is -1.62. The summed E-state index contributed by atoms with van der Waals surface area (Å²) in [5, 5.41) is 4.39. The third-order valence-corrected chi connectivity index (χ3v) is 7.80. The van der Waals surface area contributed by atoms with E-state index in [9.17, 15) is 4.79 Å². The number of aromatic nitrogens is 1. The highest BCUT2D eigenvalue weighted by molar-refractivity contribution is 7.22. The quantitative estimate of drug-likeness (QED) is 0.801. The van der Waals surface area contributed by atoms with E-state index in [1.807, 2.05) is 18.2 Å². The molecule has 1 N–H and O–H groups in total. The second-order valence-electron chi connectivity index (χ2n) is 8.70. The Labute approximate surface area is 166 Å². The summed E-state index contributed by atoms with van der Waals surface area (Å²) in [6.45, 7) is 9.08. The van der Waals surface area contributed by atoms with Gasteiger partial charge in [0.15, 0.2) is 5.13 Å². The minimum Gasteiger partial charge on any atom is -0.349 e. The van der Waals surface area contributed by atoms with Crippen molar-refractivity contribution in [2.24, 2.45) is 17.8 Å². The zero-order valence-electron chi connectivity index (χ0n) is 16.7. The second-order valence-corrected chi connectivity index (χ2v) is 9.70. The van der Waals surface area contributed by atoms with Crippen molar-refractivity contribution in [2.75, 3.05) is 18.0 Å². The monoisotopic (exact) mass is 385 g/mol. The van der Waals surface area contributed by atoms with E-state index < -0.39 is 0 Å². The number of fused-ring (bicyclic) bond motifs is 1. The third kappa shape index (κ3) is 3.98. The van der Waals surface area contributed by atoms with Crippen molar-refractivity contribution in [1.29, 1.82) is 0 Å². The van der Waals surface area contributed by atoms with E-state index in [1.165, 1.54) is 25.7 Å². The number of nitrogens with zero attached hydrogens (tertiary/aromatic N) is 2. The smallest absolute Gasteiger partial charge is 0.251 e. The van der Waals surface area contributed by atoms with E-state index in [0.29, 0.717) is 17.9 Å². The van der Waals surface area contributed by atoms with Crippen LogP contribution < -0.4 is 10.2 Å². The Morgan fingerprint density at radius 1 is 1.15 bits per heavy atom. The van der Waals surface area contributed by atoms with Gasteiger partial charge in [-0.15, -0.1) is 0 Å². The maximum Gasteiger partial charge on any atom is 0.251 e. The molecular weight excluding hydrogens is 354 g/mol. The molecule has 5 heteroatoms. The number of amides is 1. The van der Waals surface area contributed by atoms with Crippen molar-refractivity contribution in [1.82, 2.24) is 10.3 Å². The zero-order chi connectivity index (χ0) is 19.0. The fourth-order valence-electron chi connectivity index (χ4n) is 4.43. The first-order chi connectivity index (χ1) is 13.0. The van der Waals surface area contributed by atoms with Crippen LogP contribution in [0.25, 0.3) is 10.2 Å². The minimum atomic E-state index is 0.0598. The fraction of sp³-hybridized carbons (Fsp3) is 0.636. The highest BCUT2D eigenvalue weighted by Gasteiger charge is 2.28. The number of anilines is 1. The molecule has 146 valence electrons. The van der Waals surface area contributed by atoms with Crippen LogP contribution in [0.3, 0.4) is 0 Å². The van der Waals surface area contributed by atoms with Crippen LogP contribution in [-0.4, -0.2) is 30.0 Å². The number of hydrogen-bond acceptors (Lipinski definition) is 4. The SMILES string of the molecule is CC1CCN(c2nc3ccc(C(=O)N[C@@H]4CCC[C@H](C)[C@@H]4C)cc3s2)CC1. The summed E-state index contributed by atoms with van der Waals surface area (Å²) in [5.74, 6) is 2.10. The normalized spacial score (nSPS) is 27.1. The van der Waals surface area contributed by atoms with Crippen LogP contribution in [0.2, 0.25) is 0 Å². The first-order valence-electron chi connectivity index (χ1n) is 10.5. The molecule has 4 rings (SSSR count). The summed E-state index contributed by atoms with van der Waals surface area (Å²) in [6.07, 6.45) is 6.06. The van der Waals surface area contributed by atoms with E-state index in [2.05, 4.69) is 31.0 Å². The first-order valence-corrected chi connectivity index (χ1v) is 11.3. The molecule has 2 fully saturated rings. The number of rotatable bonds is 3. The maximum absolute atomic E-state index is 12.8.